The summed E-state index contributed by atoms with van der Waals surface area (Å²) < 4.78 is 2.27. The molecule has 5 nitrogen and oxygen atoms in total. The number of hydrogen-bond acceptors (Lipinski definition) is 2. The minimum Gasteiger partial charge on any atom is -0.361 e. The van der Waals surface area contributed by atoms with Crippen LogP contribution in [0.25, 0.3) is 33.3 Å². The molecule has 162 valence electrons. The fraction of sp³-hybridized carbons (Fsp3) is 0.333. The summed E-state index contributed by atoms with van der Waals surface area (Å²) in [6.45, 7) is 2.14. The standard InChI is InChI=1S/C27H28N4O/c1-27(11-12-27)30-26(32)22-6-8-23(15-22)31-17-28-16-25(31)19-4-2-18(3-5-19)20-7-9-24-21(14-20)10-13-29-24/h2-5,7,9-10,13-14,16-17,22-23,29H,6,8,11-12,15H2,1H3,(H,30,32)/t22-,23+/m0/s1. The molecule has 2 aromatic heterocycles. The highest BCUT2D eigenvalue weighted by Crippen LogP contribution is 2.40. The number of aromatic nitrogens is 3. The molecule has 0 saturated heterocycles. The van der Waals surface area contributed by atoms with Gasteiger partial charge in [0.15, 0.2) is 0 Å². The number of rotatable bonds is 5. The SMILES string of the molecule is CC1(NC(=O)[C@H]2CC[C@@H](n3cncc3-c3ccc(-c4ccc5[nH]ccc5c4)cc3)C2)CC1. The number of carbonyl (C=O) groups excluding carboxylic acids is 1. The average molecular weight is 425 g/mol. The van der Waals surface area contributed by atoms with Gasteiger partial charge in [-0.25, -0.2) is 4.98 Å². The molecular formula is C27H28N4O. The lowest BCUT2D eigenvalue weighted by Gasteiger charge is -2.18. The van der Waals surface area contributed by atoms with E-state index in [4.69, 9.17) is 0 Å². The van der Waals surface area contributed by atoms with E-state index in [-0.39, 0.29) is 17.4 Å². The Kier molecular flexibility index (Phi) is 4.46. The van der Waals surface area contributed by atoms with Crippen molar-refractivity contribution in [2.75, 3.05) is 0 Å². The van der Waals surface area contributed by atoms with Crippen molar-refractivity contribution in [3.63, 3.8) is 0 Å². The van der Waals surface area contributed by atoms with Crippen molar-refractivity contribution >= 4 is 16.8 Å². The number of imidazole rings is 1. The molecule has 2 fully saturated rings. The van der Waals surface area contributed by atoms with Gasteiger partial charge in [0.25, 0.3) is 0 Å². The van der Waals surface area contributed by atoms with Gasteiger partial charge in [-0.15, -0.1) is 0 Å². The molecule has 2 aliphatic rings. The Hall–Kier alpha value is -3.34. The molecule has 0 unspecified atom stereocenters. The van der Waals surface area contributed by atoms with Crippen LogP contribution in [0.4, 0.5) is 0 Å². The molecule has 5 heteroatoms. The van der Waals surface area contributed by atoms with Crippen molar-refractivity contribution in [2.45, 2.75) is 50.6 Å². The topological polar surface area (TPSA) is 62.7 Å². The van der Waals surface area contributed by atoms with Gasteiger partial charge in [0.1, 0.15) is 0 Å². The Bertz CT molecular complexity index is 1280. The highest BCUT2D eigenvalue weighted by Gasteiger charge is 2.41. The maximum absolute atomic E-state index is 12.7. The Balaban J connectivity index is 1.20. The van der Waals surface area contributed by atoms with Gasteiger partial charge in [0.2, 0.25) is 5.91 Å². The van der Waals surface area contributed by atoms with Crippen molar-refractivity contribution in [1.29, 1.82) is 0 Å². The lowest BCUT2D eigenvalue weighted by molar-refractivity contribution is -0.125. The number of aromatic amines is 1. The van der Waals surface area contributed by atoms with E-state index in [9.17, 15) is 4.79 Å². The van der Waals surface area contributed by atoms with Gasteiger partial charge in [0, 0.05) is 29.2 Å². The summed E-state index contributed by atoms with van der Waals surface area (Å²) >= 11 is 0. The van der Waals surface area contributed by atoms with E-state index in [0.29, 0.717) is 6.04 Å². The molecule has 2 aromatic carbocycles. The molecule has 4 aromatic rings. The average Bonchev–Trinajstić information content (AvgIpc) is 3.28. The lowest BCUT2D eigenvalue weighted by atomic mass is 10.0. The first-order valence-corrected chi connectivity index (χ1v) is 11.6. The van der Waals surface area contributed by atoms with Gasteiger partial charge in [0.05, 0.1) is 18.2 Å². The van der Waals surface area contributed by atoms with E-state index in [1.165, 1.54) is 16.5 Å². The van der Waals surface area contributed by atoms with Crippen LogP contribution in [0.15, 0.2) is 67.3 Å². The van der Waals surface area contributed by atoms with Crippen molar-refractivity contribution in [3.05, 3.63) is 67.3 Å². The molecule has 0 bridgehead atoms. The number of fused-ring (bicyclic) bond motifs is 1. The van der Waals surface area contributed by atoms with Gasteiger partial charge in [-0.05, 0) is 79.3 Å². The predicted octanol–water partition coefficient (Wildman–Crippen LogP) is 5.71. The third kappa shape index (κ3) is 3.52. The molecule has 2 aliphatic carbocycles. The normalized spacial score (nSPS) is 21.7. The minimum absolute atomic E-state index is 0.0582. The van der Waals surface area contributed by atoms with Gasteiger partial charge < -0.3 is 14.9 Å². The molecule has 0 radical (unpaired) electrons. The Morgan fingerprint density at radius 1 is 1.06 bits per heavy atom. The maximum atomic E-state index is 12.7. The van der Waals surface area contributed by atoms with Crippen LogP contribution in [0, 0.1) is 5.92 Å². The Labute approximate surface area is 187 Å². The Morgan fingerprint density at radius 2 is 1.84 bits per heavy atom. The maximum Gasteiger partial charge on any atom is 0.223 e. The monoisotopic (exact) mass is 424 g/mol. The fourth-order valence-corrected chi connectivity index (χ4v) is 5.05. The second-order valence-electron chi connectivity index (χ2n) is 9.76. The predicted molar refractivity (Wildman–Crippen MR) is 127 cm³/mol. The molecular weight excluding hydrogens is 396 g/mol. The van der Waals surface area contributed by atoms with Gasteiger partial charge in [-0.2, -0.15) is 0 Å². The number of hydrogen-bond donors (Lipinski definition) is 2. The van der Waals surface area contributed by atoms with E-state index in [2.05, 4.69) is 75.3 Å². The zero-order valence-electron chi connectivity index (χ0n) is 18.3. The molecule has 0 spiro atoms. The molecule has 6 rings (SSSR count). The molecule has 2 N–H and O–H groups in total. The molecule has 2 heterocycles. The van der Waals surface area contributed by atoms with Crippen molar-refractivity contribution in [3.8, 4) is 22.4 Å². The number of amides is 1. The second kappa shape index (κ2) is 7.37. The first-order chi connectivity index (χ1) is 15.6. The van der Waals surface area contributed by atoms with E-state index in [0.717, 1.165) is 48.9 Å². The van der Waals surface area contributed by atoms with Crippen LogP contribution in [0.1, 0.15) is 45.1 Å². The van der Waals surface area contributed by atoms with E-state index in [1.54, 1.807) is 0 Å². The quantitative estimate of drug-likeness (QED) is 0.431. The highest BCUT2D eigenvalue weighted by molar-refractivity contribution is 5.85. The summed E-state index contributed by atoms with van der Waals surface area (Å²) in [6, 6.07) is 17.7. The third-order valence-electron chi connectivity index (χ3n) is 7.33. The molecule has 2 saturated carbocycles. The largest absolute Gasteiger partial charge is 0.361 e. The van der Waals surface area contributed by atoms with Crippen LogP contribution in [0.5, 0.6) is 0 Å². The summed E-state index contributed by atoms with van der Waals surface area (Å²) in [6.07, 6.45) is 10.9. The highest BCUT2D eigenvalue weighted by atomic mass is 16.2. The Morgan fingerprint density at radius 3 is 2.66 bits per heavy atom. The van der Waals surface area contributed by atoms with E-state index < -0.39 is 0 Å². The van der Waals surface area contributed by atoms with Crippen molar-refractivity contribution in [2.24, 2.45) is 5.92 Å². The summed E-state index contributed by atoms with van der Waals surface area (Å²) in [5.74, 6) is 0.344. The molecule has 32 heavy (non-hydrogen) atoms. The third-order valence-corrected chi connectivity index (χ3v) is 7.33. The summed E-state index contributed by atoms with van der Waals surface area (Å²) in [7, 11) is 0. The number of nitrogens with one attached hydrogen (secondary N) is 2. The fourth-order valence-electron chi connectivity index (χ4n) is 5.05. The lowest BCUT2D eigenvalue weighted by Crippen LogP contribution is -2.38. The van der Waals surface area contributed by atoms with Crippen molar-refractivity contribution < 1.29 is 4.79 Å². The van der Waals surface area contributed by atoms with Gasteiger partial charge in [-0.1, -0.05) is 30.3 Å². The number of nitrogens with zero attached hydrogens (tertiary/aromatic N) is 2. The number of carbonyl (C=O) groups is 1. The van der Waals surface area contributed by atoms with Crippen LogP contribution in [-0.2, 0) is 4.79 Å². The van der Waals surface area contributed by atoms with E-state index in [1.807, 2.05) is 18.7 Å². The minimum atomic E-state index is 0.0582. The smallest absolute Gasteiger partial charge is 0.223 e. The zero-order chi connectivity index (χ0) is 21.7. The van der Waals surface area contributed by atoms with Crippen LogP contribution in [0.2, 0.25) is 0 Å². The van der Waals surface area contributed by atoms with Crippen LogP contribution < -0.4 is 5.32 Å². The van der Waals surface area contributed by atoms with Gasteiger partial charge in [-0.3, -0.25) is 4.79 Å². The first-order valence-electron chi connectivity index (χ1n) is 11.6. The van der Waals surface area contributed by atoms with Crippen molar-refractivity contribution in [1.82, 2.24) is 19.9 Å². The number of H-pyrrole nitrogens is 1. The molecule has 0 aliphatic heterocycles. The molecule has 1 amide bonds. The summed E-state index contributed by atoms with van der Waals surface area (Å²) in [4.78, 5) is 20.4. The van der Waals surface area contributed by atoms with E-state index >= 15 is 0 Å². The summed E-state index contributed by atoms with van der Waals surface area (Å²) in [5.41, 5.74) is 5.91. The van der Waals surface area contributed by atoms with Crippen LogP contribution in [-0.4, -0.2) is 26.0 Å². The zero-order valence-corrected chi connectivity index (χ0v) is 18.3. The second-order valence-corrected chi connectivity index (χ2v) is 9.76. The van der Waals surface area contributed by atoms with Gasteiger partial charge >= 0.3 is 0 Å². The van der Waals surface area contributed by atoms with Crippen LogP contribution in [0.3, 0.4) is 0 Å². The van der Waals surface area contributed by atoms with Crippen LogP contribution >= 0.6 is 0 Å². The first kappa shape index (κ1) is 19.4. The number of benzene rings is 2. The molecule has 2 atom stereocenters. The summed E-state index contributed by atoms with van der Waals surface area (Å²) in [5, 5.41) is 4.47.